The van der Waals surface area contributed by atoms with Crippen molar-refractivity contribution in [1.29, 1.82) is 0 Å². The predicted molar refractivity (Wildman–Crippen MR) is 78.8 cm³/mol. The summed E-state index contributed by atoms with van der Waals surface area (Å²) in [6.45, 7) is 2.05. The van der Waals surface area contributed by atoms with Crippen LogP contribution in [0.1, 0.15) is 23.1 Å². The average Bonchev–Trinajstić information content (AvgIpc) is 2.97. The monoisotopic (exact) mass is 335 g/mol. The van der Waals surface area contributed by atoms with Crippen LogP contribution < -0.4 is 11.3 Å². The van der Waals surface area contributed by atoms with Crippen molar-refractivity contribution in [2.24, 2.45) is 12.9 Å². The molecule has 1 aromatic carbocycles. The third-order valence-corrected chi connectivity index (χ3v) is 3.81. The molecule has 0 amide bonds. The molecule has 0 fully saturated rings. The van der Waals surface area contributed by atoms with Crippen molar-refractivity contribution in [3.63, 3.8) is 0 Å². The fourth-order valence-electron chi connectivity index (χ4n) is 2.27. The Labute approximate surface area is 124 Å². The van der Waals surface area contributed by atoms with Gasteiger partial charge in [0.15, 0.2) is 4.60 Å². The third-order valence-electron chi connectivity index (χ3n) is 3.24. The van der Waals surface area contributed by atoms with E-state index in [1.807, 2.05) is 32.2 Å². The maximum atomic E-state index is 5.88. The summed E-state index contributed by atoms with van der Waals surface area (Å²) in [6.07, 6.45) is 0. The van der Waals surface area contributed by atoms with Crippen molar-refractivity contribution >= 4 is 26.9 Å². The van der Waals surface area contributed by atoms with E-state index in [1.165, 1.54) is 5.56 Å². The summed E-state index contributed by atoms with van der Waals surface area (Å²) in [7, 11) is 1.81. The molecular weight excluding hydrogens is 322 g/mol. The molecular formula is C13H14BrN5O. The number of hydrazine groups is 1. The molecule has 7 heteroatoms. The van der Waals surface area contributed by atoms with Crippen LogP contribution in [0.5, 0.6) is 0 Å². The topological polar surface area (TPSA) is 81.9 Å². The van der Waals surface area contributed by atoms with Gasteiger partial charge in [-0.05, 0) is 41.1 Å². The van der Waals surface area contributed by atoms with Gasteiger partial charge in [0.1, 0.15) is 17.4 Å². The number of nitrogens with zero attached hydrogens (tertiary/aromatic N) is 3. The molecule has 0 spiro atoms. The number of aromatic nitrogens is 3. The summed E-state index contributed by atoms with van der Waals surface area (Å²) < 4.78 is 8.18. The molecule has 20 heavy (non-hydrogen) atoms. The molecule has 0 bridgehead atoms. The van der Waals surface area contributed by atoms with Crippen LogP contribution in [0.2, 0.25) is 0 Å². The van der Waals surface area contributed by atoms with E-state index in [0.717, 1.165) is 22.4 Å². The predicted octanol–water partition coefficient (Wildman–Crippen LogP) is 2.18. The molecule has 0 saturated carbocycles. The van der Waals surface area contributed by atoms with Crippen molar-refractivity contribution in [3.05, 3.63) is 45.9 Å². The van der Waals surface area contributed by atoms with Gasteiger partial charge in [0.25, 0.3) is 0 Å². The smallest absolute Gasteiger partial charge is 0.153 e. The summed E-state index contributed by atoms with van der Waals surface area (Å²) >= 11 is 3.38. The molecule has 0 aliphatic heterocycles. The van der Waals surface area contributed by atoms with Gasteiger partial charge in [-0.2, -0.15) is 0 Å². The van der Waals surface area contributed by atoms with Crippen LogP contribution in [0.4, 0.5) is 0 Å². The molecule has 1 unspecified atom stereocenters. The zero-order chi connectivity index (χ0) is 14.3. The van der Waals surface area contributed by atoms with Crippen molar-refractivity contribution < 1.29 is 4.42 Å². The zero-order valence-electron chi connectivity index (χ0n) is 11.1. The Balaban J connectivity index is 2.12. The lowest BCUT2D eigenvalue weighted by Crippen LogP contribution is -2.30. The maximum Gasteiger partial charge on any atom is 0.153 e. The first-order valence-corrected chi connectivity index (χ1v) is 6.90. The van der Waals surface area contributed by atoms with Gasteiger partial charge >= 0.3 is 0 Å². The van der Waals surface area contributed by atoms with Crippen molar-refractivity contribution in [2.75, 3.05) is 0 Å². The number of fused-ring (bicyclic) bond motifs is 1. The molecule has 0 radical (unpaired) electrons. The Kier molecular flexibility index (Phi) is 3.33. The van der Waals surface area contributed by atoms with Crippen LogP contribution in [0.15, 0.2) is 33.3 Å². The highest BCUT2D eigenvalue weighted by molar-refractivity contribution is 9.10. The number of nitrogens with one attached hydrogen (secondary N) is 1. The number of benzene rings is 1. The second kappa shape index (κ2) is 5.01. The van der Waals surface area contributed by atoms with E-state index in [-0.39, 0.29) is 6.04 Å². The minimum absolute atomic E-state index is 0.322. The van der Waals surface area contributed by atoms with Gasteiger partial charge in [0.05, 0.1) is 5.69 Å². The zero-order valence-corrected chi connectivity index (χ0v) is 12.7. The van der Waals surface area contributed by atoms with Gasteiger partial charge in [0.2, 0.25) is 0 Å². The average molecular weight is 336 g/mol. The Morgan fingerprint density at radius 2 is 2.20 bits per heavy atom. The number of hydrogen-bond acceptors (Lipinski definition) is 5. The van der Waals surface area contributed by atoms with Crippen LogP contribution in [-0.2, 0) is 7.05 Å². The molecule has 0 saturated heterocycles. The molecule has 1 atom stereocenters. The van der Waals surface area contributed by atoms with E-state index in [2.05, 4.69) is 37.7 Å². The van der Waals surface area contributed by atoms with Gasteiger partial charge in [-0.3, -0.25) is 5.84 Å². The normalized spacial score (nSPS) is 13.0. The van der Waals surface area contributed by atoms with E-state index in [9.17, 15) is 0 Å². The Morgan fingerprint density at radius 3 is 2.85 bits per heavy atom. The van der Waals surface area contributed by atoms with Crippen molar-refractivity contribution in [3.8, 4) is 0 Å². The lowest BCUT2D eigenvalue weighted by Gasteiger charge is -2.13. The first-order chi connectivity index (χ1) is 9.60. The minimum atomic E-state index is -0.322. The quantitative estimate of drug-likeness (QED) is 0.566. The van der Waals surface area contributed by atoms with Gasteiger partial charge in [-0.25, -0.2) is 10.1 Å². The molecule has 6 nitrogen and oxygen atoms in total. The third kappa shape index (κ3) is 2.13. The SMILES string of the molecule is Cc1ccc2oc(C(NN)c3c(Br)nnn3C)cc2c1. The number of hydrogen-bond donors (Lipinski definition) is 2. The van der Waals surface area contributed by atoms with E-state index in [4.69, 9.17) is 10.3 Å². The van der Waals surface area contributed by atoms with E-state index < -0.39 is 0 Å². The largest absolute Gasteiger partial charge is 0.459 e. The molecule has 2 aromatic heterocycles. The molecule has 104 valence electrons. The Hall–Kier alpha value is -1.70. The molecule has 3 rings (SSSR count). The Morgan fingerprint density at radius 1 is 1.40 bits per heavy atom. The second-order valence-electron chi connectivity index (χ2n) is 4.68. The molecule has 2 heterocycles. The highest BCUT2D eigenvalue weighted by Gasteiger charge is 2.24. The summed E-state index contributed by atoms with van der Waals surface area (Å²) in [5, 5.41) is 8.98. The molecule has 0 aliphatic carbocycles. The number of furan rings is 1. The number of rotatable bonds is 3. The standard InChI is InChI=1S/C13H14BrN5O/c1-7-3-4-9-8(5-7)6-10(20-9)11(16-15)12-13(14)17-18-19(12)2/h3-6,11,16H,15H2,1-2H3. The lowest BCUT2D eigenvalue weighted by atomic mass is 10.1. The van der Waals surface area contributed by atoms with Gasteiger partial charge in [0, 0.05) is 12.4 Å². The highest BCUT2D eigenvalue weighted by Crippen LogP contribution is 2.30. The molecule has 0 aliphatic rings. The summed E-state index contributed by atoms with van der Waals surface area (Å²) in [4.78, 5) is 0. The molecule has 3 N–H and O–H groups in total. The lowest BCUT2D eigenvalue weighted by molar-refractivity contribution is 0.457. The first kappa shape index (κ1) is 13.3. The van der Waals surface area contributed by atoms with Crippen LogP contribution in [0.3, 0.4) is 0 Å². The second-order valence-corrected chi connectivity index (χ2v) is 5.43. The summed E-state index contributed by atoms with van der Waals surface area (Å²) in [5.74, 6) is 6.41. The van der Waals surface area contributed by atoms with Gasteiger partial charge < -0.3 is 4.42 Å². The summed E-state index contributed by atoms with van der Waals surface area (Å²) in [6, 6.07) is 7.70. The molecule has 3 aromatic rings. The van der Waals surface area contributed by atoms with Gasteiger partial charge in [-0.1, -0.05) is 16.8 Å². The van der Waals surface area contributed by atoms with E-state index >= 15 is 0 Å². The van der Waals surface area contributed by atoms with Gasteiger partial charge in [-0.15, -0.1) is 5.10 Å². The fraction of sp³-hybridized carbons (Fsp3) is 0.231. The van der Waals surface area contributed by atoms with Crippen molar-refractivity contribution in [2.45, 2.75) is 13.0 Å². The van der Waals surface area contributed by atoms with Crippen LogP contribution in [0.25, 0.3) is 11.0 Å². The first-order valence-electron chi connectivity index (χ1n) is 6.11. The fourth-order valence-corrected chi connectivity index (χ4v) is 2.82. The maximum absolute atomic E-state index is 5.88. The highest BCUT2D eigenvalue weighted by atomic mass is 79.9. The summed E-state index contributed by atoms with van der Waals surface area (Å²) in [5.41, 5.74) is 5.58. The number of aryl methyl sites for hydroxylation is 2. The van der Waals surface area contributed by atoms with Crippen LogP contribution in [0, 0.1) is 6.92 Å². The van der Waals surface area contributed by atoms with E-state index in [0.29, 0.717) is 4.60 Å². The van der Waals surface area contributed by atoms with Crippen molar-refractivity contribution in [1.82, 2.24) is 20.4 Å². The Bertz CT molecular complexity index is 744. The van der Waals surface area contributed by atoms with Crippen LogP contribution >= 0.6 is 15.9 Å². The van der Waals surface area contributed by atoms with E-state index in [1.54, 1.807) is 4.68 Å². The number of nitrogens with two attached hydrogens (primary N) is 1. The number of halogens is 1. The van der Waals surface area contributed by atoms with Crippen LogP contribution in [-0.4, -0.2) is 15.0 Å². The minimum Gasteiger partial charge on any atom is -0.459 e.